The Morgan fingerprint density at radius 3 is 3.00 bits per heavy atom. The fourth-order valence-electron chi connectivity index (χ4n) is 0.791. The molecule has 3 heteroatoms. The summed E-state index contributed by atoms with van der Waals surface area (Å²) in [5.41, 5.74) is 5.50. The van der Waals surface area contributed by atoms with E-state index in [1.54, 1.807) is 6.21 Å². The molecule has 0 radical (unpaired) electrons. The van der Waals surface area contributed by atoms with Crippen LogP contribution in [0.5, 0.6) is 0 Å². The maximum Gasteiger partial charge on any atom is 0.119 e. The summed E-state index contributed by atoms with van der Waals surface area (Å²) in [6.07, 6.45) is 5.66. The molecule has 0 aromatic carbocycles. The Morgan fingerprint density at radius 2 is 2.30 bits per heavy atom. The van der Waals surface area contributed by atoms with Gasteiger partial charge in [-0.25, -0.2) is 4.99 Å². The van der Waals surface area contributed by atoms with E-state index in [-0.39, 0.29) is 0 Å². The first-order chi connectivity index (χ1) is 4.68. The molecule has 10 heavy (non-hydrogen) atoms. The Hall–Kier alpha value is -0.570. The van der Waals surface area contributed by atoms with Crippen LogP contribution < -0.4 is 5.73 Å². The normalized spacial score (nSPS) is 25.2. The number of nitrogens with zero attached hydrogens (tertiary/aromatic N) is 1. The topological polar surface area (TPSA) is 38.4 Å². The van der Waals surface area contributed by atoms with E-state index >= 15 is 0 Å². The van der Waals surface area contributed by atoms with Gasteiger partial charge < -0.3 is 5.73 Å². The number of hydrogen-bond acceptors (Lipinski definition) is 2. The average Bonchev–Trinajstić information content (AvgIpc) is 1.93. The lowest BCUT2D eigenvalue weighted by molar-refractivity contribution is 0.922. The van der Waals surface area contributed by atoms with Crippen molar-refractivity contribution in [2.24, 2.45) is 16.6 Å². The summed E-state index contributed by atoms with van der Waals surface area (Å²) in [4.78, 5) is 3.95. The molecular formula is C7H9BrN2. The zero-order valence-electron chi connectivity index (χ0n) is 5.71. The molecule has 0 aliphatic carbocycles. The van der Waals surface area contributed by atoms with Gasteiger partial charge in [0.25, 0.3) is 0 Å². The van der Waals surface area contributed by atoms with E-state index < -0.39 is 0 Å². The molecule has 2 nitrogen and oxygen atoms in total. The molecule has 54 valence electrons. The van der Waals surface area contributed by atoms with Crippen LogP contribution in [0.15, 0.2) is 27.4 Å². The van der Waals surface area contributed by atoms with Crippen LogP contribution in [0.1, 0.15) is 6.92 Å². The molecule has 1 aliphatic heterocycles. The van der Waals surface area contributed by atoms with Gasteiger partial charge in [0, 0.05) is 10.7 Å². The van der Waals surface area contributed by atoms with E-state index in [2.05, 4.69) is 27.8 Å². The van der Waals surface area contributed by atoms with Gasteiger partial charge in [-0.3, -0.25) is 0 Å². The second-order valence-electron chi connectivity index (χ2n) is 2.26. The standard InChI is InChI=1S/C7H9BrN2/c1-5-2-6(8)4-10-7(9)3-5/h2-5H,9H2,1H3. The van der Waals surface area contributed by atoms with Crippen molar-refractivity contribution in [1.82, 2.24) is 0 Å². The Morgan fingerprint density at radius 1 is 1.60 bits per heavy atom. The number of rotatable bonds is 0. The molecule has 2 N–H and O–H groups in total. The van der Waals surface area contributed by atoms with Crippen molar-refractivity contribution in [3.05, 3.63) is 22.5 Å². The van der Waals surface area contributed by atoms with Gasteiger partial charge in [-0.15, -0.1) is 0 Å². The smallest absolute Gasteiger partial charge is 0.119 e. The molecule has 1 unspecified atom stereocenters. The van der Waals surface area contributed by atoms with Gasteiger partial charge in [0.05, 0.1) is 0 Å². The van der Waals surface area contributed by atoms with Crippen molar-refractivity contribution in [1.29, 1.82) is 0 Å². The SMILES string of the molecule is CC1C=C(Br)C=NC(N)=C1. The van der Waals surface area contributed by atoms with Crippen LogP contribution in [0, 0.1) is 5.92 Å². The number of hydrogen-bond donors (Lipinski definition) is 1. The maximum absolute atomic E-state index is 5.50. The van der Waals surface area contributed by atoms with Gasteiger partial charge in [0.1, 0.15) is 5.82 Å². The predicted octanol–water partition coefficient (Wildman–Crippen LogP) is 1.79. The Labute approximate surface area is 68.6 Å². The lowest BCUT2D eigenvalue weighted by atomic mass is 10.1. The van der Waals surface area contributed by atoms with Crippen LogP contribution in [0.25, 0.3) is 0 Å². The Kier molecular flexibility index (Phi) is 2.27. The average molecular weight is 201 g/mol. The third-order valence-electron chi connectivity index (χ3n) is 1.19. The first kappa shape index (κ1) is 7.54. The van der Waals surface area contributed by atoms with Gasteiger partial charge in [0.2, 0.25) is 0 Å². The molecule has 1 heterocycles. The van der Waals surface area contributed by atoms with Crippen LogP contribution in [0.2, 0.25) is 0 Å². The molecule has 0 fully saturated rings. The molecule has 0 spiro atoms. The second kappa shape index (κ2) is 3.01. The second-order valence-corrected chi connectivity index (χ2v) is 3.18. The first-order valence-electron chi connectivity index (χ1n) is 3.07. The minimum atomic E-state index is 0.358. The maximum atomic E-state index is 5.50. The first-order valence-corrected chi connectivity index (χ1v) is 3.86. The van der Waals surface area contributed by atoms with Gasteiger partial charge in [-0.2, -0.15) is 0 Å². The van der Waals surface area contributed by atoms with Crippen LogP contribution in [-0.2, 0) is 0 Å². The van der Waals surface area contributed by atoms with Gasteiger partial charge in [0.15, 0.2) is 0 Å². The molecule has 0 bridgehead atoms. The third-order valence-corrected chi connectivity index (χ3v) is 1.66. The van der Waals surface area contributed by atoms with Crippen molar-refractivity contribution in [3.63, 3.8) is 0 Å². The Balaban J connectivity index is 2.87. The predicted molar refractivity (Wildman–Crippen MR) is 46.9 cm³/mol. The monoisotopic (exact) mass is 200 g/mol. The van der Waals surface area contributed by atoms with Crippen LogP contribution in [0.4, 0.5) is 0 Å². The molecule has 0 saturated carbocycles. The fraction of sp³-hybridized carbons (Fsp3) is 0.286. The molecule has 0 aromatic heterocycles. The number of nitrogens with two attached hydrogens (primary N) is 1. The third kappa shape index (κ3) is 1.99. The van der Waals surface area contributed by atoms with E-state index in [1.165, 1.54) is 0 Å². The van der Waals surface area contributed by atoms with Crippen LogP contribution in [0.3, 0.4) is 0 Å². The zero-order chi connectivity index (χ0) is 7.56. The summed E-state index contributed by atoms with van der Waals surface area (Å²) in [5, 5.41) is 0. The number of aliphatic imine (C=N–C) groups is 1. The van der Waals surface area contributed by atoms with E-state index in [0.29, 0.717) is 11.7 Å². The summed E-state index contributed by atoms with van der Waals surface area (Å²) in [6, 6.07) is 0. The highest BCUT2D eigenvalue weighted by Crippen LogP contribution is 2.13. The summed E-state index contributed by atoms with van der Waals surface area (Å²) < 4.78 is 0.983. The fourth-order valence-corrected chi connectivity index (χ4v) is 1.31. The molecular weight excluding hydrogens is 192 g/mol. The Bertz CT molecular complexity index is 194. The lowest BCUT2D eigenvalue weighted by Gasteiger charge is -1.94. The zero-order valence-corrected chi connectivity index (χ0v) is 7.30. The van der Waals surface area contributed by atoms with Crippen LogP contribution >= 0.6 is 15.9 Å². The quantitative estimate of drug-likeness (QED) is 0.637. The highest BCUT2D eigenvalue weighted by Gasteiger charge is 1.99. The van der Waals surface area contributed by atoms with Crippen molar-refractivity contribution in [2.45, 2.75) is 6.92 Å². The molecule has 0 amide bonds. The van der Waals surface area contributed by atoms with Crippen molar-refractivity contribution >= 4 is 22.1 Å². The lowest BCUT2D eigenvalue weighted by Crippen LogP contribution is -1.94. The van der Waals surface area contributed by atoms with Crippen molar-refractivity contribution in [3.8, 4) is 0 Å². The summed E-state index contributed by atoms with van der Waals surface area (Å²) in [7, 11) is 0. The minimum absolute atomic E-state index is 0.358. The molecule has 0 saturated heterocycles. The van der Waals surface area contributed by atoms with Crippen LogP contribution in [-0.4, -0.2) is 6.21 Å². The highest BCUT2D eigenvalue weighted by atomic mass is 79.9. The van der Waals surface area contributed by atoms with Gasteiger partial charge >= 0.3 is 0 Å². The van der Waals surface area contributed by atoms with E-state index in [0.717, 1.165) is 4.48 Å². The van der Waals surface area contributed by atoms with E-state index in [4.69, 9.17) is 5.73 Å². The summed E-state index contributed by atoms with van der Waals surface area (Å²) in [6.45, 7) is 2.06. The van der Waals surface area contributed by atoms with Crippen molar-refractivity contribution < 1.29 is 0 Å². The van der Waals surface area contributed by atoms with E-state index in [9.17, 15) is 0 Å². The molecule has 1 atom stereocenters. The minimum Gasteiger partial charge on any atom is -0.384 e. The largest absolute Gasteiger partial charge is 0.384 e. The number of halogens is 1. The van der Waals surface area contributed by atoms with Gasteiger partial charge in [-0.1, -0.05) is 13.0 Å². The molecule has 0 aromatic rings. The van der Waals surface area contributed by atoms with Gasteiger partial charge in [-0.05, 0) is 27.9 Å². The molecule has 1 aliphatic rings. The number of allylic oxidation sites excluding steroid dienone is 3. The summed E-state index contributed by atoms with van der Waals surface area (Å²) in [5.74, 6) is 0.940. The van der Waals surface area contributed by atoms with E-state index in [1.807, 2.05) is 12.2 Å². The molecule has 1 rings (SSSR count). The summed E-state index contributed by atoms with van der Waals surface area (Å²) >= 11 is 3.33. The highest BCUT2D eigenvalue weighted by molar-refractivity contribution is 9.12. The van der Waals surface area contributed by atoms with Crippen molar-refractivity contribution in [2.75, 3.05) is 0 Å².